The van der Waals surface area contributed by atoms with E-state index < -0.39 is 29.6 Å². The number of halogens is 3. The number of carbonyl (C=O) groups excluding carboxylic acids is 2. The molecule has 1 unspecified atom stereocenters. The summed E-state index contributed by atoms with van der Waals surface area (Å²) in [6, 6.07) is 1.13. The number of benzene rings is 1. The maximum atomic E-state index is 13.1. The first-order chi connectivity index (χ1) is 11.3. The second-order valence-electron chi connectivity index (χ2n) is 5.57. The van der Waals surface area contributed by atoms with Gasteiger partial charge in [0.05, 0.1) is 13.2 Å². The Morgan fingerprint density at radius 3 is 2.50 bits per heavy atom. The zero-order chi connectivity index (χ0) is 17.9. The number of amides is 3. The van der Waals surface area contributed by atoms with Crippen molar-refractivity contribution >= 4 is 11.9 Å². The minimum atomic E-state index is -1.55. The number of hydrogen-bond acceptors (Lipinski definition) is 3. The minimum Gasteiger partial charge on any atom is -0.365 e. The Balaban J connectivity index is 1.94. The molecule has 1 saturated heterocycles. The van der Waals surface area contributed by atoms with Crippen LogP contribution < -0.4 is 5.32 Å². The molecule has 0 saturated carbocycles. The van der Waals surface area contributed by atoms with Gasteiger partial charge >= 0.3 is 6.03 Å². The van der Waals surface area contributed by atoms with E-state index in [1.807, 2.05) is 0 Å². The molecule has 24 heavy (non-hydrogen) atoms. The van der Waals surface area contributed by atoms with Gasteiger partial charge in [-0.1, -0.05) is 0 Å². The van der Waals surface area contributed by atoms with Gasteiger partial charge in [0, 0.05) is 27.2 Å². The number of ether oxygens (including phenoxy) is 1. The van der Waals surface area contributed by atoms with Gasteiger partial charge in [-0.3, -0.25) is 4.79 Å². The Morgan fingerprint density at radius 1 is 1.29 bits per heavy atom. The van der Waals surface area contributed by atoms with Crippen LogP contribution in [0.3, 0.4) is 0 Å². The lowest BCUT2D eigenvalue weighted by Gasteiger charge is -2.33. The van der Waals surface area contributed by atoms with Crippen molar-refractivity contribution in [3.8, 4) is 0 Å². The summed E-state index contributed by atoms with van der Waals surface area (Å²) in [4.78, 5) is 26.7. The molecule has 2 rings (SSSR count). The van der Waals surface area contributed by atoms with E-state index in [-0.39, 0.29) is 37.7 Å². The average molecular weight is 345 g/mol. The van der Waals surface area contributed by atoms with Crippen LogP contribution in [0.2, 0.25) is 0 Å². The van der Waals surface area contributed by atoms with Gasteiger partial charge in [0.2, 0.25) is 0 Å². The number of likely N-dealkylation sites (N-methyl/N-ethyl adjacent to an activating group) is 1. The van der Waals surface area contributed by atoms with Crippen molar-refractivity contribution in [2.45, 2.75) is 12.6 Å². The Kier molecular flexibility index (Phi) is 5.66. The lowest BCUT2D eigenvalue weighted by atomic mass is 10.2. The molecule has 6 nitrogen and oxygen atoms in total. The third-order valence-electron chi connectivity index (χ3n) is 3.56. The van der Waals surface area contributed by atoms with E-state index >= 15 is 0 Å². The van der Waals surface area contributed by atoms with Crippen molar-refractivity contribution in [1.29, 1.82) is 0 Å². The van der Waals surface area contributed by atoms with E-state index in [1.54, 1.807) is 14.1 Å². The van der Waals surface area contributed by atoms with Gasteiger partial charge < -0.3 is 19.9 Å². The summed E-state index contributed by atoms with van der Waals surface area (Å²) in [6.07, 6.45) is -0.750. The molecule has 0 aliphatic carbocycles. The highest BCUT2D eigenvalue weighted by Crippen LogP contribution is 2.14. The monoisotopic (exact) mass is 345 g/mol. The van der Waals surface area contributed by atoms with Crippen LogP contribution in [0, 0.1) is 17.5 Å². The highest BCUT2D eigenvalue weighted by Gasteiger charge is 2.30. The predicted molar refractivity (Wildman–Crippen MR) is 78.6 cm³/mol. The first-order valence-corrected chi connectivity index (χ1v) is 7.28. The fourth-order valence-electron chi connectivity index (χ4n) is 2.27. The topological polar surface area (TPSA) is 61.9 Å². The number of morpholine rings is 1. The Morgan fingerprint density at radius 2 is 1.92 bits per heavy atom. The molecule has 1 heterocycles. The van der Waals surface area contributed by atoms with Crippen LogP contribution in [0.5, 0.6) is 0 Å². The molecule has 0 radical (unpaired) electrons. The standard InChI is InChI=1S/C15H18F3N3O3/c1-20(2)14(22)12-8-21(3-4-24-12)15(23)19-7-9-5-10(16)13(18)11(17)6-9/h5-6,12H,3-4,7-8H2,1-2H3,(H,19,23). The Bertz CT molecular complexity index is 617. The Hall–Kier alpha value is -2.29. The molecule has 1 N–H and O–H groups in total. The zero-order valence-corrected chi connectivity index (χ0v) is 13.3. The third kappa shape index (κ3) is 4.16. The average Bonchev–Trinajstić information content (AvgIpc) is 2.56. The number of rotatable bonds is 3. The lowest BCUT2D eigenvalue weighted by molar-refractivity contribution is -0.145. The molecule has 1 aliphatic heterocycles. The van der Waals surface area contributed by atoms with Gasteiger partial charge in [-0.25, -0.2) is 18.0 Å². The van der Waals surface area contributed by atoms with Crippen LogP contribution >= 0.6 is 0 Å². The first kappa shape index (κ1) is 18.1. The third-order valence-corrected chi connectivity index (χ3v) is 3.56. The molecule has 1 aliphatic rings. The van der Waals surface area contributed by atoms with Crippen molar-refractivity contribution < 1.29 is 27.5 Å². The molecule has 9 heteroatoms. The van der Waals surface area contributed by atoms with Crippen LogP contribution in [0.4, 0.5) is 18.0 Å². The quantitative estimate of drug-likeness (QED) is 0.835. The van der Waals surface area contributed by atoms with E-state index in [9.17, 15) is 22.8 Å². The largest absolute Gasteiger partial charge is 0.365 e. The second kappa shape index (κ2) is 7.52. The second-order valence-corrected chi connectivity index (χ2v) is 5.57. The van der Waals surface area contributed by atoms with Crippen LogP contribution in [0.25, 0.3) is 0 Å². The summed E-state index contributed by atoms with van der Waals surface area (Å²) in [5.74, 6) is -4.44. The summed E-state index contributed by atoms with van der Waals surface area (Å²) >= 11 is 0. The van der Waals surface area contributed by atoms with Crippen molar-refractivity contribution in [1.82, 2.24) is 15.1 Å². The molecule has 132 valence electrons. The predicted octanol–water partition coefficient (Wildman–Crippen LogP) is 1.10. The maximum Gasteiger partial charge on any atom is 0.317 e. The molecular formula is C15H18F3N3O3. The summed E-state index contributed by atoms with van der Waals surface area (Å²) < 4.78 is 44.5. The van der Waals surface area contributed by atoms with Gasteiger partial charge in [0.25, 0.3) is 5.91 Å². The number of carbonyl (C=O) groups is 2. The van der Waals surface area contributed by atoms with Gasteiger partial charge in [0.15, 0.2) is 23.6 Å². The molecule has 0 aromatic heterocycles. The van der Waals surface area contributed by atoms with Gasteiger partial charge in [-0.05, 0) is 17.7 Å². The Labute approximate surface area is 137 Å². The molecule has 1 atom stereocenters. The molecule has 1 aromatic carbocycles. The molecule has 3 amide bonds. The fourth-order valence-corrected chi connectivity index (χ4v) is 2.27. The number of urea groups is 1. The van der Waals surface area contributed by atoms with Crippen LogP contribution in [-0.2, 0) is 16.1 Å². The zero-order valence-electron chi connectivity index (χ0n) is 13.3. The summed E-state index contributed by atoms with van der Waals surface area (Å²) in [7, 11) is 3.17. The number of nitrogens with zero attached hydrogens (tertiary/aromatic N) is 2. The molecule has 0 spiro atoms. The van der Waals surface area contributed by atoms with Crippen LogP contribution in [0.15, 0.2) is 12.1 Å². The maximum absolute atomic E-state index is 13.1. The summed E-state index contributed by atoms with van der Waals surface area (Å²) in [6.45, 7) is 0.401. The van der Waals surface area contributed by atoms with Crippen molar-refractivity contribution in [2.24, 2.45) is 0 Å². The highest BCUT2D eigenvalue weighted by molar-refractivity contribution is 5.82. The normalized spacial score (nSPS) is 17.5. The van der Waals surface area contributed by atoms with E-state index in [1.165, 1.54) is 9.80 Å². The van der Waals surface area contributed by atoms with Crippen LogP contribution in [0.1, 0.15) is 5.56 Å². The van der Waals surface area contributed by atoms with Crippen molar-refractivity contribution in [2.75, 3.05) is 33.8 Å². The number of nitrogens with one attached hydrogen (secondary N) is 1. The van der Waals surface area contributed by atoms with E-state index in [2.05, 4.69) is 5.32 Å². The highest BCUT2D eigenvalue weighted by atomic mass is 19.2. The minimum absolute atomic E-state index is 0.0784. The molecule has 0 bridgehead atoms. The summed E-state index contributed by atoms with van der Waals surface area (Å²) in [5, 5.41) is 2.48. The van der Waals surface area contributed by atoms with Gasteiger partial charge in [-0.15, -0.1) is 0 Å². The van der Waals surface area contributed by atoms with E-state index in [0.717, 1.165) is 12.1 Å². The first-order valence-electron chi connectivity index (χ1n) is 7.28. The van der Waals surface area contributed by atoms with Crippen molar-refractivity contribution in [3.05, 3.63) is 35.1 Å². The van der Waals surface area contributed by atoms with Gasteiger partial charge in [-0.2, -0.15) is 0 Å². The lowest BCUT2D eigenvalue weighted by Crippen LogP contribution is -2.53. The summed E-state index contributed by atoms with van der Waals surface area (Å²) in [5.41, 5.74) is 0.0916. The fraction of sp³-hybridized carbons (Fsp3) is 0.467. The molecule has 1 aromatic rings. The van der Waals surface area contributed by atoms with E-state index in [0.29, 0.717) is 0 Å². The molecular weight excluding hydrogens is 327 g/mol. The number of hydrogen-bond donors (Lipinski definition) is 1. The van der Waals surface area contributed by atoms with E-state index in [4.69, 9.17) is 4.74 Å². The van der Waals surface area contributed by atoms with Crippen molar-refractivity contribution in [3.63, 3.8) is 0 Å². The van der Waals surface area contributed by atoms with Crippen LogP contribution in [-0.4, -0.2) is 61.6 Å². The van der Waals surface area contributed by atoms with Gasteiger partial charge in [0.1, 0.15) is 0 Å². The SMILES string of the molecule is CN(C)C(=O)C1CN(C(=O)NCc2cc(F)c(F)c(F)c2)CCO1. The molecule has 1 fully saturated rings. The smallest absolute Gasteiger partial charge is 0.317 e.